The molecule has 0 saturated carbocycles. The summed E-state index contributed by atoms with van der Waals surface area (Å²) in [4.78, 5) is 13.1. The summed E-state index contributed by atoms with van der Waals surface area (Å²) in [7, 11) is -3.28. The third-order valence-electron chi connectivity index (χ3n) is 2.11. The summed E-state index contributed by atoms with van der Waals surface area (Å²) < 4.78 is 27.1. The van der Waals surface area contributed by atoms with E-state index in [0.29, 0.717) is 19.8 Å². The van der Waals surface area contributed by atoms with Crippen LogP contribution in [0.15, 0.2) is 0 Å². The fourth-order valence-corrected chi connectivity index (χ4v) is 2.29. The van der Waals surface area contributed by atoms with Crippen LogP contribution in [0.25, 0.3) is 0 Å². The molecule has 1 fully saturated rings. The molecule has 1 atom stereocenters. The summed E-state index contributed by atoms with van der Waals surface area (Å²) in [5, 5.41) is 0. The van der Waals surface area contributed by atoms with E-state index >= 15 is 0 Å². The molecular weight excluding hydrogens is 242 g/mol. The van der Waals surface area contributed by atoms with Gasteiger partial charge < -0.3 is 9.64 Å². The van der Waals surface area contributed by atoms with Crippen LogP contribution in [0, 0.1) is 0 Å². The molecule has 0 spiro atoms. The number of hydrogen-bond acceptors (Lipinski definition) is 4. The Balaban J connectivity index is 2.64. The first kappa shape index (κ1) is 12.7. The maximum atomic E-state index is 11.6. The average molecular weight is 256 g/mol. The molecule has 0 aromatic carbocycles. The highest BCUT2D eigenvalue weighted by Crippen LogP contribution is 2.09. The Morgan fingerprint density at radius 2 is 2.27 bits per heavy atom. The molecule has 5 nitrogen and oxygen atoms in total. The Morgan fingerprint density at radius 1 is 1.60 bits per heavy atom. The lowest BCUT2D eigenvalue weighted by molar-refractivity contribution is -0.136. The van der Waals surface area contributed by atoms with Crippen LogP contribution in [0.2, 0.25) is 0 Å². The minimum absolute atomic E-state index is 0.213. The van der Waals surface area contributed by atoms with Gasteiger partial charge in [0.2, 0.25) is 5.91 Å². The monoisotopic (exact) mass is 255 g/mol. The molecule has 1 heterocycles. The number of halogens is 1. The first-order chi connectivity index (χ1) is 6.94. The molecule has 1 aliphatic heterocycles. The molecule has 88 valence electrons. The fraction of sp³-hybridized carbons (Fsp3) is 0.875. The van der Waals surface area contributed by atoms with Crippen molar-refractivity contribution in [1.82, 2.24) is 4.90 Å². The molecule has 0 aliphatic carbocycles. The predicted octanol–water partition coefficient (Wildman–Crippen LogP) is -0.503. The summed E-state index contributed by atoms with van der Waals surface area (Å²) in [6, 6.07) is -0.213. The number of alkyl halides is 1. The van der Waals surface area contributed by atoms with Crippen molar-refractivity contribution in [3.63, 3.8) is 0 Å². The van der Waals surface area contributed by atoms with Crippen molar-refractivity contribution in [3.05, 3.63) is 0 Å². The first-order valence-corrected chi connectivity index (χ1v) is 7.14. The lowest BCUT2D eigenvalue weighted by Gasteiger charge is -2.34. The number of hydrogen-bond donors (Lipinski definition) is 0. The fourth-order valence-electron chi connectivity index (χ4n) is 1.42. The van der Waals surface area contributed by atoms with E-state index in [-0.39, 0.29) is 11.9 Å². The van der Waals surface area contributed by atoms with Crippen molar-refractivity contribution in [2.75, 3.05) is 37.6 Å². The Labute approximate surface area is 94.3 Å². The van der Waals surface area contributed by atoms with Crippen LogP contribution >= 0.6 is 11.6 Å². The van der Waals surface area contributed by atoms with Crippen LogP contribution in [-0.4, -0.2) is 62.9 Å². The van der Waals surface area contributed by atoms with Crippen molar-refractivity contribution in [2.24, 2.45) is 0 Å². The number of carbonyl (C=O) groups excluding carboxylic acids is 1. The van der Waals surface area contributed by atoms with Gasteiger partial charge in [-0.3, -0.25) is 4.79 Å². The van der Waals surface area contributed by atoms with Gasteiger partial charge in [-0.1, -0.05) is 0 Å². The first-order valence-electron chi connectivity index (χ1n) is 4.55. The molecule has 0 bridgehead atoms. The molecule has 1 aliphatic rings. The zero-order valence-electron chi connectivity index (χ0n) is 8.48. The van der Waals surface area contributed by atoms with Crippen LogP contribution in [-0.2, 0) is 19.4 Å². The topological polar surface area (TPSA) is 63.7 Å². The van der Waals surface area contributed by atoms with Gasteiger partial charge in [0.1, 0.15) is 5.75 Å². The second kappa shape index (κ2) is 5.14. The van der Waals surface area contributed by atoms with E-state index in [1.165, 1.54) is 4.90 Å². The third kappa shape index (κ3) is 3.96. The molecule has 1 amide bonds. The Hall–Kier alpha value is -0.330. The van der Waals surface area contributed by atoms with Crippen molar-refractivity contribution in [1.29, 1.82) is 0 Å². The van der Waals surface area contributed by atoms with Crippen LogP contribution in [0.4, 0.5) is 0 Å². The minimum atomic E-state index is -3.28. The molecule has 15 heavy (non-hydrogen) atoms. The number of amides is 1. The summed E-state index contributed by atoms with van der Waals surface area (Å²) in [5.41, 5.74) is 0. The normalized spacial score (nSPS) is 22.8. The highest BCUT2D eigenvalue weighted by molar-refractivity contribution is 7.91. The number of ether oxygens (including phenoxy) is 1. The molecule has 1 rings (SSSR count). The molecule has 0 aromatic rings. The third-order valence-corrected chi connectivity index (χ3v) is 3.24. The summed E-state index contributed by atoms with van der Waals surface area (Å²) in [6.07, 6.45) is 1.04. The van der Waals surface area contributed by atoms with Crippen molar-refractivity contribution >= 4 is 27.3 Å². The lowest BCUT2D eigenvalue weighted by Crippen LogP contribution is -2.51. The van der Waals surface area contributed by atoms with Crippen LogP contribution < -0.4 is 0 Å². The molecule has 7 heteroatoms. The highest BCUT2D eigenvalue weighted by atomic mass is 35.5. The molecule has 1 unspecified atom stereocenters. The van der Waals surface area contributed by atoms with Gasteiger partial charge in [0, 0.05) is 18.7 Å². The maximum Gasteiger partial charge on any atom is 0.238 e. The molecular formula is C8H14ClNO4S. The summed E-state index contributed by atoms with van der Waals surface area (Å²) >= 11 is 5.67. The largest absolute Gasteiger partial charge is 0.377 e. The van der Waals surface area contributed by atoms with Gasteiger partial charge in [-0.25, -0.2) is 8.42 Å². The van der Waals surface area contributed by atoms with E-state index in [4.69, 9.17) is 16.3 Å². The SMILES string of the molecule is CS(=O)(=O)CC(=O)N1CCOCC1CCl. The standard InChI is InChI=1S/C8H14ClNO4S/c1-15(12,13)6-8(11)10-2-3-14-5-7(10)4-9/h7H,2-6H2,1H3. The van der Waals surface area contributed by atoms with E-state index in [1.807, 2.05) is 0 Å². The van der Waals surface area contributed by atoms with Crippen molar-refractivity contribution in [2.45, 2.75) is 6.04 Å². The quantitative estimate of drug-likeness (QED) is 0.638. The minimum Gasteiger partial charge on any atom is -0.377 e. The Bertz CT molecular complexity index is 330. The van der Waals surface area contributed by atoms with E-state index in [2.05, 4.69) is 0 Å². The number of sulfone groups is 1. The van der Waals surface area contributed by atoms with E-state index in [0.717, 1.165) is 6.26 Å². The van der Waals surface area contributed by atoms with E-state index in [1.54, 1.807) is 0 Å². The van der Waals surface area contributed by atoms with E-state index < -0.39 is 21.5 Å². The van der Waals surface area contributed by atoms with Gasteiger partial charge in [-0.15, -0.1) is 11.6 Å². The second-order valence-corrected chi connectivity index (χ2v) is 5.99. The number of carbonyl (C=O) groups is 1. The van der Waals surface area contributed by atoms with Crippen LogP contribution in [0.5, 0.6) is 0 Å². The summed E-state index contributed by atoms with van der Waals surface area (Å²) in [6.45, 7) is 1.22. The Morgan fingerprint density at radius 3 is 2.80 bits per heavy atom. The average Bonchev–Trinajstić information content (AvgIpc) is 2.15. The van der Waals surface area contributed by atoms with Crippen molar-refractivity contribution in [3.8, 4) is 0 Å². The summed E-state index contributed by atoms with van der Waals surface area (Å²) in [5.74, 6) is -0.595. The van der Waals surface area contributed by atoms with Crippen molar-refractivity contribution < 1.29 is 17.9 Å². The van der Waals surface area contributed by atoms with Gasteiger partial charge in [-0.2, -0.15) is 0 Å². The lowest BCUT2D eigenvalue weighted by atomic mass is 10.2. The molecule has 1 saturated heterocycles. The molecule has 0 aromatic heterocycles. The highest BCUT2D eigenvalue weighted by Gasteiger charge is 2.28. The van der Waals surface area contributed by atoms with Crippen LogP contribution in [0.1, 0.15) is 0 Å². The smallest absolute Gasteiger partial charge is 0.238 e. The predicted molar refractivity (Wildman–Crippen MR) is 56.8 cm³/mol. The number of rotatable bonds is 3. The zero-order chi connectivity index (χ0) is 11.5. The van der Waals surface area contributed by atoms with Gasteiger partial charge in [0.25, 0.3) is 0 Å². The van der Waals surface area contributed by atoms with Gasteiger partial charge >= 0.3 is 0 Å². The van der Waals surface area contributed by atoms with Gasteiger partial charge in [-0.05, 0) is 0 Å². The second-order valence-electron chi connectivity index (χ2n) is 3.54. The molecule has 0 N–H and O–H groups in total. The number of morpholine rings is 1. The van der Waals surface area contributed by atoms with Crippen LogP contribution in [0.3, 0.4) is 0 Å². The molecule has 0 radical (unpaired) electrons. The van der Waals surface area contributed by atoms with Gasteiger partial charge in [0.05, 0.1) is 19.3 Å². The Kier molecular flexibility index (Phi) is 4.36. The maximum absolute atomic E-state index is 11.6. The van der Waals surface area contributed by atoms with Gasteiger partial charge in [0.15, 0.2) is 9.84 Å². The number of nitrogens with zero attached hydrogens (tertiary/aromatic N) is 1. The zero-order valence-corrected chi connectivity index (χ0v) is 10.1. The van der Waals surface area contributed by atoms with E-state index in [9.17, 15) is 13.2 Å².